The predicted octanol–water partition coefficient (Wildman–Crippen LogP) is 5.21. The molecule has 0 aliphatic carbocycles. The van der Waals surface area contributed by atoms with Crippen LogP contribution in [-0.4, -0.2) is 12.6 Å². The number of halogens is 1. The van der Waals surface area contributed by atoms with Crippen molar-refractivity contribution in [2.24, 2.45) is 5.41 Å². The third-order valence-corrected chi connectivity index (χ3v) is 4.66. The zero-order valence-electron chi connectivity index (χ0n) is 17.4. The van der Waals surface area contributed by atoms with E-state index >= 15 is 0 Å². The molecule has 27 heavy (non-hydrogen) atoms. The fourth-order valence-corrected chi connectivity index (χ4v) is 3.66. The maximum atomic E-state index is 5.94. The van der Waals surface area contributed by atoms with E-state index in [1.807, 2.05) is 30.3 Å². The highest BCUT2D eigenvalue weighted by Gasteiger charge is 2.28. The molecule has 2 aromatic rings. The first-order valence-corrected chi connectivity index (χ1v) is 9.84. The van der Waals surface area contributed by atoms with Gasteiger partial charge < -0.3 is 14.8 Å². The van der Waals surface area contributed by atoms with Gasteiger partial charge in [0.25, 0.3) is 0 Å². The first-order valence-electron chi connectivity index (χ1n) is 9.46. The minimum atomic E-state index is 0.190. The molecule has 2 rings (SSSR count). The number of rotatable bonds is 8. The molecule has 0 aromatic heterocycles. The maximum Gasteiger partial charge on any atom is 0.161 e. The second-order valence-electron chi connectivity index (χ2n) is 9.03. The van der Waals surface area contributed by atoms with Crippen molar-refractivity contribution in [1.29, 1.82) is 0 Å². The number of ether oxygens (including phenoxy) is 2. The van der Waals surface area contributed by atoms with Gasteiger partial charge in [-0.3, -0.25) is 0 Å². The first-order chi connectivity index (χ1) is 12.6. The van der Waals surface area contributed by atoms with Crippen molar-refractivity contribution in [1.82, 2.24) is 0 Å². The molecule has 0 saturated carbocycles. The third-order valence-electron chi connectivity index (χ3n) is 4.41. The standard InChI is InChI=1S/C23H32ClNO2/c1-22(2,3)16-23(4,5)25-14-18-9-12-20(21(13-18)26-6)27-15-17-7-10-19(24)11-8-17/h7-13,25H,14-16H2,1-6H3/p+1. The number of hydrogen-bond donors (Lipinski definition) is 1. The Bertz CT molecular complexity index is 733. The summed E-state index contributed by atoms with van der Waals surface area (Å²) in [6, 6.07) is 13.9. The molecule has 0 saturated heterocycles. The van der Waals surface area contributed by atoms with E-state index in [0.29, 0.717) is 12.0 Å². The molecule has 0 radical (unpaired) electrons. The van der Waals surface area contributed by atoms with Crippen LogP contribution < -0.4 is 14.8 Å². The zero-order valence-corrected chi connectivity index (χ0v) is 18.2. The van der Waals surface area contributed by atoms with Crippen LogP contribution in [-0.2, 0) is 13.2 Å². The molecule has 0 unspecified atom stereocenters. The molecule has 0 atom stereocenters. The van der Waals surface area contributed by atoms with E-state index in [2.05, 4.69) is 52.1 Å². The van der Waals surface area contributed by atoms with E-state index in [0.717, 1.165) is 35.1 Å². The van der Waals surface area contributed by atoms with Crippen molar-refractivity contribution in [2.75, 3.05) is 7.11 Å². The number of benzene rings is 2. The van der Waals surface area contributed by atoms with Gasteiger partial charge in [0, 0.05) is 17.0 Å². The van der Waals surface area contributed by atoms with E-state index in [1.165, 1.54) is 5.56 Å². The summed E-state index contributed by atoms with van der Waals surface area (Å²) in [7, 11) is 1.68. The molecule has 0 fully saturated rings. The summed E-state index contributed by atoms with van der Waals surface area (Å²) in [5.74, 6) is 1.52. The first kappa shape index (κ1) is 21.6. The van der Waals surface area contributed by atoms with Crippen LogP contribution in [0.4, 0.5) is 0 Å². The summed E-state index contributed by atoms with van der Waals surface area (Å²) in [6.07, 6.45) is 1.15. The quantitative estimate of drug-likeness (QED) is 0.671. The molecule has 4 heteroatoms. The Morgan fingerprint density at radius 1 is 0.889 bits per heavy atom. The highest BCUT2D eigenvalue weighted by molar-refractivity contribution is 6.30. The summed E-state index contributed by atoms with van der Waals surface area (Å²) >= 11 is 5.93. The Morgan fingerprint density at radius 2 is 1.52 bits per heavy atom. The van der Waals surface area contributed by atoms with Gasteiger partial charge in [-0.05, 0) is 55.2 Å². The summed E-state index contributed by atoms with van der Waals surface area (Å²) in [5, 5.41) is 3.13. The topological polar surface area (TPSA) is 35.1 Å². The van der Waals surface area contributed by atoms with Gasteiger partial charge >= 0.3 is 0 Å². The van der Waals surface area contributed by atoms with Gasteiger partial charge in [0.15, 0.2) is 11.5 Å². The van der Waals surface area contributed by atoms with Gasteiger partial charge in [-0.1, -0.05) is 44.5 Å². The molecule has 3 nitrogen and oxygen atoms in total. The lowest BCUT2D eigenvalue weighted by Gasteiger charge is -2.30. The summed E-state index contributed by atoms with van der Waals surface area (Å²) in [5.41, 5.74) is 2.81. The van der Waals surface area contributed by atoms with Gasteiger partial charge in [0.05, 0.1) is 12.6 Å². The van der Waals surface area contributed by atoms with E-state index in [1.54, 1.807) is 7.11 Å². The van der Waals surface area contributed by atoms with Crippen LogP contribution in [0.1, 0.15) is 52.2 Å². The molecule has 2 N–H and O–H groups in total. The Balaban J connectivity index is 1.99. The van der Waals surface area contributed by atoms with Crippen LogP contribution in [0.5, 0.6) is 11.5 Å². The predicted molar refractivity (Wildman–Crippen MR) is 113 cm³/mol. The van der Waals surface area contributed by atoms with Crippen molar-refractivity contribution in [3.8, 4) is 11.5 Å². The molecule has 0 bridgehead atoms. The van der Waals surface area contributed by atoms with E-state index < -0.39 is 0 Å². The van der Waals surface area contributed by atoms with E-state index in [9.17, 15) is 0 Å². The lowest BCUT2D eigenvalue weighted by atomic mass is 9.82. The van der Waals surface area contributed by atoms with Gasteiger partial charge in [0.2, 0.25) is 0 Å². The van der Waals surface area contributed by atoms with E-state index in [-0.39, 0.29) is 5.54 Å². The fourth-order valence-electron chi connectivity index (χ4n) is 3.53. The van der Waals surface area contributed by atoms with Crippen molar-refractivity contribution < 1.29 is 14.8 Å². The Hall–Kier alpha value is -1.71. The normalized spacial score (nSPS) is 12.1. The molecule has 148 valence electrons. The minimum Gasteiger partial charge on any atom is -0.493 e. The molecule has 2 aromatic carbocycles. The van der Waals surface area contributed by atoms with Crippen LogP contribution in [0.25, 0.3) is 0 Å². The maximum absolute atomic E-state index is 5.94. The average Bonchev–Trinajstić information content (AvgIpc) is 2.58. The molecular weight excluding hydrogens is 358 g/mol. The average molecular weight is 391 g/mol. The van der Waals surface area contributed by atoms with Crippen molar-refractivity contribution in [3.05, 3.63) is 58.6 Å². The number of quaternary nitrogens is 1. The molecular formula is C23H33ClNO2+. The smallest absolute Gasteiger partial charge is 0.161 e. The second kappa shape index (κ2) is 8.99. The molecule has 0 aliphatic rings. The van der Waals surface area contributed by atoms with Crippen LogP contribution in [0.3, 0.4) is 0 Å². The van der Waals surface area contributed by atoms with Crippen LogP contribution in [0.2, 0.25) is 5.02 Å². The largest absolute Gasteiger partial charge is 0.493 e. The highest BCUT2D eigenvalue weighted by Crippen LogP contribution is 2.29. The zero-order chi connectivity index (χ0) is 20.1. The highest BCUT2D eigenvalue weighted by atomic mass is 35.5. The van der Waals surface area contributed by atoms with Crippen molar-refractivity contribution >= 4 is 11.6 Å². The van der Waals surface area contributed by atoms with Crippen LogP contribution >= 0.6 is 11.6 Å². The Morgan fingerprint density at radius 3 is 2.11 bits per heavy atom. The number of methoxy groups -OCH3 is 1. The van der Waals surface area contributed by atoms with Crippen molar-refractivity contribution in [3.63, 3.8) is 0 Å². The van der Waals surface area contributed by atoms with Gasteiger partial charge in [-0.25, -0.2) is 0 Å². The summed E-state index contributed by atoms with van der Waals surface area (Å²) < 4.78 is 11.5. The number of hydrogen-bond acceptors (Lipinski definition) is 2. The van der Waals surface area contributed by atoms with Crippen molar-refractivity contribution in [2.45, 2.75) is 59.7 Å². The lowest BCUT2D eigenvalue weighted by molar-refractivity contribution is -0.737. The summed E-state index contributed by atoms with van der Waals surface area (Å²) in [6.45, 7) is 12.9. The monoisotopic (exact) mass is 390 g/mol. The third kappa shape index (κ3) is 7.43. The lowest BCUT2D eigenvalue weighted by Crippen LogP contribution is -2.94. The Labute approximate surface area is 169 Å². The molecule has 0 amide bonds. The Kier molecular flexibility index (Phi) is 7.19. The molecule has 0 aliphatic heterocycles. The number of nitrogens with two attached hydrogens (primary N) is 1. The van der Waals surface area contributed by atoms with Gasteiger partial charge in [-0.15, -0.1) is 0 Å². The fraction of sp³-hybridized carbons (Fsp3) is 0.478. The van der Waals surface area contributed by atoms with E-state index in [4.69, 9.17) is 21.1 Å². The summed E-state index contributed by atoms with van der Waals surface area (Å²) in [4.78, 5) is 0. The van der Waals surface area contributed by atoms with Gasteiger partial charge in [0.1, 0.15) is 13.2 Å². The van der Waals surface area contributed by atoms with Crippen LogP contribution in [0.15, 0.2) is 42.5 Å². The molecule has 0 spiro atoms. The molecule has 0 heterocycles. The van der Waals surface area contributed by atoms with Crippen LogP contribution in [0, 0.1) is 5.41 Å². The second-order valence-corrected chi connectivity index (χ2v) is 9.47. The van der Waals surface area contributed by atoms with Gasteiger partial charge in [-0.2, -0.15) is 0 Å². The SMILES string of the molecule is COc1cc(C[NH2+]C(C)(C)CC(C)(C)C)ccc1OCc1ccc(Cl)cc1. The minimum absolute atomic E-state index is 0.190.